The fourth-order valence-corrected chi connectivity index (χ4v) is 4.14. The van der Waals surface area contributed by atoms with Crippen molar-refractivity contribution in [2.75, 3.05) is 24.4 Å². The maximum absolute atomic E-state index is 12.8. The van der Waals surface area contributed by atoms with Gasteiger partial charge in [-0.05, 0) is 47.1 Å². The molecule has 0 spiro atoms. The fraction of sp³-hybridized carbons (Fsp3) is 0.238. The third kappa shape index (κ3) is 6.16. The zero-order valence-corrected chi connectivity index (χ0v) is 19.9. The summed E-state index contributed by atoms with van der Waals surface area (Å²) < 4.78 is 34.1. The number of halogens is 1. The summed E-state index contributed by atoms with van der Waals surface area (Å²) >= 11 is 3.36. The zero-order chi connectivity index (χ0) is 23.1. The van der Waals surface area contributed by atoms with Crippen LogP contribution in [0, 0.1) is 0 Å². The molecule has 11 heteroatoms. The van der Waals surface area contributed by atoms with Crippen molar-refractivity contribution in [3.63, 3.8) is 0 Å². The Morgan fingerprint density at radius 3 is 2.72 bits per heavy atom. The number of para-hydroxylation sites is 1. The summed E-state index contributed by atoms with van der Waals surface area (Å²) in [6.07, 6.45) is 1.57. The molecule has 0 amide bonds. The van der Waals surface area contributed by atoms with E-state index in [0.717, 1.165) is 5.56 Å². The van der Waals surface area contributed by atoms with E-state index in [-0.39, 0.29) is 30.0 Å². The molecule has 0 aliphatic carbocycles. The predicted molar refractivity (Wildman–Crippen MR) is 127 cm³/mol. The van der Waals surface area contributed by atoms with Gasteiger partial charge in [-0.1, -0.05) is 24.3 Å². The van der Waals surface area contributed by atoms with E-state index in [4.69, 9.17) is 4.74 Å². The number of benzene rings is 2. The summed E-state index contributed by atoms with van der Waals surface area (Å²) in [5.41, 5.74) is 1.24. The van der Waals surface area contributed by atoms with Crippen LogP contribution in [0.4, 0.5) is 17.5 Å². The molecule has 32 heavy (non-hydrogen) atoms. The SMILES string of the molecule is COc1ccccc1CNS(=O)(=O)c1cccc(Nc2ncc(Br)c(N[C@H](C)CO)n2)c1. The third-order valence-electron chi connectivity index (χ3n) is 4.45. The number of anilines is 3. The minimum atomic E-state index is -3.77. The van der Waals surface area contributed by atoms with E-state index in [0.29, 0.717) is 21.7 Å². The molecule has 0 aliphatic heterocycles. The van der Waals surface area contributed by atoms with Gasteiger partial charge in [0.15, 0.2) is 0 Å². The smallest absolute Gasteiger partial charge is 0.240 e. The van der Waals surface area contributed by atoms with Gasteiger partial charge in [0.1, 0.15) is 11.6 Å². The van der Waals surface area contributed by atoms with Crippen LogP contribution in [0.1, 0.15) is 12.5 Å². The van der Waals surface area contributed by atoms with Crippen LogP contribution in [-0.2, 0) is 16.6 Å². The van der Waals surface area contributed by atoms with Crippen molar-refractivity contribution in [3.8, 4) is 5.75 Å². The first-order valence-electron chi connectivity index (χ1n) is 9.71. The second-order valence-corrected chi connectivity index (χ2v) is 9.53. The molecular formula is C21H24BrN5O4S. The molecule has 9 nitrogen and oxygen atoms in total. The van der Waals surface area contributed by atoms with Crippen LogP contribution < -0.4 is 20.1 Å². The monoisotopic (exact) mass is 521 g/mol. The van der Waals surface area contributed by atoms with Crippen LogP contribution in [-0.4, -0.2) is 43.3 Å². The Morgan fingerprint density at radius 2 is 1.97 bits per heavy atom. The van der Waals surface area contributed by atoms with Crippen molar-refractivity contribution < 1.29 is 18.3 Å². The molecule has 0 saturated heterocycles. The zero-order valence-electron chi connectivity index (χ0n) is 17.5. The lowest BCUT2D eigenvalue weighted by atomic mass is 10.2. The highest BCUT2D eigenvalue weighted by Crippen LogP contribution is 2.24. The van der Waals surface area contributed by atoms with Crippen LogP contribution >= 0.6 is 15.9 Å². The first kappa shape index (κ1) is 23.9. The normalized spacial score (nSPS) is 12.2. The second kappa shape index (κ2) is 10.7. The highest BCUT2D eigenvalue weighted by molar-refractivity contribution is 9.10. The number of aromatic nitrogens is 2. The minimum absolute atomic E-state index is 0.0546. The number of sulfonamides is 1. The number of rotatable bonds is 10. The summed E-state index contributed by atoms with van der Waals surface area (Å²) in [7, 11) is -2.23. The van der Waals surface area contributed by atoms with E-state index in [9.17, 15) is 13.5 Å². The number of nitrogens with one attached hydrogen (secondary N) is 3. The topological polar surface area (TPSA) is 125 Å². The van der Waals surface area contributed by atoms with Crippen molar-refractivity contribution in [1.29, 1.82) is 0 Å². The summed E-state index contributed by atoms with van der Waals surface area (Å²) in [6.45, 7) is 1.85. The van der Waals surface area contributed by atoms with E-state index < -0.39 is 10.0 Å². The molecule has 0 radical (unpaired) electrons. The van der Waals surface area contributed by atoms with Crippen LogP contribution in [0.25, 0.3) is 0 Å². The fourth-order valence-electron chi connectivity index (χ4n) is 2.78. The number of methoxy groups -OCH3 is 1. The molecule has 0 saturated carbocycles. The van der Waals surface area contributed by atoms with E-state index in [2.05, 4.69) is 41.3 Å². The second-order valence-electron chi connectivity index (χ2n) is 6.91. The summed E-state index contributed by atoms with van der Waals surface area (Å²) in [5.74, 6) is 1.39. The van der Waals surface area contributed by atoms with Gasteiger partial charge >= 0.3 is 0 Å². The Balaban J connectivity index is 1.75. The van der Waals surface area contributed by atoms with Gasteiger partial charge in [-0.2, -0.15) is 4.98 Å². The van der Waals surface area contributed by atoms with Gasteiger partial charge in [-0.25, -0.2) is 18.1 Å². The molecule has 1 heterocycles. The van der Waals surface area contributed by atoms with Gasteiger partial charge in [0, 0.05) is 30.0 Å². The summed E-state index contributed by atoms with van der Waals surface area (Å²) in [4.78, 5) is 8.67. The van der Waals surface area contributed by atoms with Gasteiger partial charge < -0.3 is 20.5 Å². The molecule has 0 unspecified atom stereocenters. The van der Waals surface area contributed by atoms with Crippen LogP contribution in [0.15, 0.2) is 64.1 Å². The molecule has 0 aliphatic rings. The first-order chi connectivity index (χ1) is 15.3. The van der Waals surface area contributed by atoms with Gasteiger partial charge in [-0.15, -0.1) is 0 Å². The highest BCUT2D eigenvalue weighted by Gasteiger charge is 2.16. The van der Waals surface area contributed by atoms with Gasteiger partial charge in [-0.3, -0.25) is 0 Å². The van der Waals surface area contributed by atoms with Crippen molar-refractivity contribution in [2.24, 2.45) is 0 Å². The number of hydrogen-bond donors (Lipinski definition) is 4. The molecule has 1 aromatic heterocycles. The molecule has 2 aromatic carbocycles. The molecule has 1 atom stereocenters. The molecule has 3 aromatic rings. The molecule has 170 valence electrons. The Kier molecular flexibility index (Phi) is 8.02. The molecule has 3 rings (SSSR count). The van der Waals surface area contributed by atoms with Crippen molar-refractivity contribution in [2.45, 2.75) is 24.4 Å². The molecule has 0 fully saturated rings. The summed E-state index contributed by atoms with van der Waals surface area (Å²) in [6, 6.07) is 13.4. The van der Waals surface area contributed by atoms with Gasteiger partial charge in [0.25, 0.3) is 0 Å². The number of hydrogen-bond acceptors (Lipinski definition) is 8. The van der Waals surface area contributed by atoms with E-state index in [1.165, 1.54) is 19.2 Å². The molecular weight excluding hydrogens is 498 g/mol. The van der Waals surface area contributed by atoms with E-state index in [1.807, 2.05) is 19.1 Å². The largest absolute Gasteiger partial charge is 0.496 e. The Labute approximate surface area is 195 Å². The predicted octanol–water partition coefficient (Wildman–Crippen LogP) is 3.26. The quantitative estimate of drug-likeness (QED) is 0.320. The number of ether oxygens (including phenoxy) is 1. The first-order valence-corrected chi connectivity index (χ1v) is 12.0. The van der Waals surface area contributed by atoms with Crippen LogP contribution in [0.3, 0.4) is 0 Å². The van der Waals surface area contributed by atoms with E-state index in [1.54, 1.807) is 30.5 Å². The summed E-state index contributed by atoms with van der Waals surface area (Å²) in [5, 5.41) is 15.3. The third-order valence-corrected chi connectivity index (χ3v) is 6.43. The average Bonchev–Trinajstić information content (AvgIpc) is 2.80. The Bertz CT molecular complexity index is 1180. The molecule has 0 bridgehead atoms. The van der Waals surface area contributed by atoms with Crippen molar-refractivity contribution in [1.82, 2.24) is 14.7 Å². The maximum atomic E-state index is 12.8. The molecule has 4 N–H and O–H groups in total. The van der Waals surface area contributed by atoms with Crippen molar-refractivity contribution in [3.05, 3.63) is 64.8 Å². The lowest BCUT2D eigenvalue weighted by molar-refractivity contribution is 0.281. The Hall–Kier alpha value is -2.73. The van der Waals surface area contributed by atoms with E-state index >= 15 is 0 Å². The van der Waals surface area contributed by atoms with Gasteiger partial charge in [0.2, 0.25) is 16.0 Å². The maximum Gasteiger partial charge on any atom is 0.240 e. The standard InChI is InChI=1S/C21H24BrN5O4S/c1-14(13-28)25-20-18(22)12-23-21(27-20)26-16-7-5-8-17(10-16)32(29,30)24-11-15-6-3-4-9-19(15)31-2/h3-10,12,14,24,28H,11,13H2,1-2H3,(H2,23,25,26,27)/t14-/m1/s1. The number of aliphatic hydroxyl groups is 1. The Morgan fingerprint density at radius 1 is 1.19 bits per heavy atom. The van der Waals surface area contributed by atoms with Crippen LogP contribution in [0.5, 0.6) is 5.75 Å². The highest BCUT2D eigenvalue weighted by atomic mass is 79.9. The number of nitrogens with zero attached hydrogens (tertiary/aromatic N) is 2. The average molecular weight is 522 g/mol. The lowest BCUT2D eigenvalue weighted by Crippen LogP contribution is -2.23. The lowest BCUT2D eigenvalue weighted by Gasteiger charge is -2.14. The van der Waals surface area contributed by atoms with Gasteiger partial charge in [0.05, 0.1) is 23.1 Å². The van der Waals surface area contributed by atoms with Crippen LogP contribution in [0.2, 0.25) is 0 Å². The van der Waals surface area contributed by atoms with Crippen molar-refractivity contribution >= 4 is 43.4 Å². The number of aliphatic hydroxyl groups excluding tert-OH is 1. The minimum Gasteiger partial charge on any atom is -0.496 e.